The van der Waals surface area contributed by atoms with E-state index in [0.29, 0.717) is 6.04 Å². The second kappa shape index (κ2) is 4.23. The minimum atomic E-state index is 0.619. The third-order valence-electron chi connectivity index (χ3n) is 2.95. The minimum absolute atomic E-state index is 0.619. The van der Waals surface area contributed by atoms with Gasteiger partial charge in [0.25, 0.3) is 0 Å². The Morgan fingerprint density at radius 3 is 3.14 bits per heavy atom. The number of hydrogen-bond acceptors (Lipinski definition) is 3. The predicted octanol–water partition coefficient (Wildman–Crippen LogP) is 1.42. The average molecular weight is 212 g/mol. The highest BCUT2D eigenvalue weighted by atomic mass is 32.1. The molecule has 1 N–H and O–H groups in total. The number of nitrogens with one attached hydrogen (secondary N) is 1. The van der Waals surface area contributed by atoms with E-state index < -0.39 is 0 Å². The molecule has 4 nitrogen and oxygen atoms in total. The monoisotopic (exact) mass is 212 g/mol. The normalized spacial score (nSPS) is 23.9. The van der Waals surface area contributed by atoms with Crippen molar-refractivity contribution >= 4 is 12.2 Å². The molecule has 0 saturated carbocycles. The third-order valence-corrected chi connectivity index (χ3v) is 3.27. The van der Waals surface area contributed by atoms with E-state index in [1.165, 1.54) is 25.8 Å². The number of likely N-dealkylation sites (N-methyl/N-ethyl adjacent to an activating group) is 1. The van der Waals surface area contributed by atoms with Gasteiger partial charge in [-0.05, 0) is 38.7 Å². The molecule has 1 fully saturated rings. The second-order valence-electron chi connectivity index (χ2n) is 3.94. The third kappa shape index (κ3) is 2.04. The predicted molar refractivity (Wildman–Crippen MR) is 57.7 cm³/mol. The van der Waals surface area contributed by atoms with Gasteiger partial charge in [0.2, 0.25) is 0 Å². The van der Waals surface area contributed by atoms with Gasteiger partial charge in [-0.1, -0.05) is 6.42 Å². The number of likely N-dealkylation sites (tertiary alicyclic amines) is 1. The van der Waals surface area contributed by atoms with E-state index in [1.54, 1.807) is 6.33 Å². The van der Waals surface area contributed by atoms with Crippen LogP contribution in [0.15, 0.2) is 6.33 Å². The average Bonchev–Trinajstić information content (AvgIpc) is 2.56. The molecule has 1 atom stereocenters. The molecule has 1 aromatic rings. The van der Waals surface area contributed by atoms with Gasteiger partial charge in [-0.2, -0.15) is 5.10 Å². The van der Waals surface area contributed by atoms with Gasteiger partial charge in [0.1, 0.15) is 6.33 Å². The van der Waals surface area contributed by atoms with Crippen LogP contribution in [0.25, 0.3) is 0 Å². The molecule has 0 aliphatic carbocycles. The van der Waals surface area contributed by atoms with Crippen molar-refractivity contribution in [1.29, 1.82) is 0 Å². The maximum Gasteiger partial charge on any atom is 0.194 e. The number of aromatic amines is 1. The Bertz CT molecular complexity index is 343. The van der Waals surface area contributed by atoms with Crippen LogP contribution in [0, 0.1) is 4.77 Å². The number of nitrogens with zero attached hydrogens (tertiary/aromatic N) is 3. The van der Waals surface area contributed by atoms with Crippen LogP contribution in [-0.2, 0) is 6.54 Å². The Labute approximate surface area is 88.9 Å². The lowest BCUT2D eigenvalue weighted by Gasteiger charge is -2.32. The highest BCUT2D eigenvalue weighted by molar-refractivity contribution is 7.71. The van der Waals surface area contributed by atoms with Crippen LogP contribution in [0.2, 0.25) is 0 Å². The molecule has 5 heteroatoms. The van der Waals surface area contributed by atoms with Crippen molar-refractivity contribution in [3.05, 3.63) is 11.1 Å². The van der Waals surface area contributed by atoms with Gasteiger partial charge in [-0.3, -0.25) is 5.10 Å². The molecule has 1 aliphatic rings. The zero-order chi connectivity index (χ0) is 9.97. The highest BCUT2D eigenvalue weighted by Gasteiger charge is 2.19. The van der Waals surface area contributed by atoms with Crippen molar-refractivity contribution in [2.24, 2.45) is 0 Å². The molecule has 1 unspecified atom stereocenters. The summed E-state index contributed by atoms with van der Waals surface area (Å²) in [7, 11) is 2.19. The molecule has 2 rings (SSSR count). The molecule has 14 heavy (non-hydrogen) atoms. The number of rotatable bonds is 2. The lowest BCUT2D eigenvalue weighted by Crippen LogP contribution is -2.39. The van der Waals surface area contributed by atoms with Crippen LogP contribution in [0.4, 0.5) is 0 Å². The van der Waals surface area contributed by atoms with Crippen molar-refractivity contribution in [3.63, 3.8) is 0 Å². The summed E-state index contributed by atoms with van der Waals surface area (Å²) < 4.78 is 2.74. The fraction of sp³-hybridized carbons (Fsp3) is 0.778. The fourth-order valence-electron chi connectivity index (χ4n) is 2.00. The van der Waals surface area contributed by atoms with Crippen LogP contribution in [0.3, 0.4) is 0 Å². The first kappa shape index (κ1) is 9.86. The maximum atomic E-state index is 5.12. The van der Waals surface area contributed by atoms with Gasteiger partial charge in [0.05, 0.1) is 0 Å². The van der Waals surface area contributed by atoms with Gasteiger partial charge in [-0.25, -0.2) is 0 Å². The van der Waals surface area contributed by atoms with E-state index in [1.807, 2.05) is 4.57 Å². The van der Waals surface area contributed by atoms with Crippen molar-refractivity contribution in [1.82, 2.24) is 19.7 Å². The summed E-state index contributed by atoms with van der Waals surface area (Å²) in [5.74, 6) is 0. The van der Waals surface area contributed by atoms with Crippen molar-refractivity contribution in [3.8, 4) is 0 Å². The Kier molecular flexibility index (Phi) is 2.98. The Morgan fingerprint density at radius 1 is 1.64 bits per heavy atom. The van der Waals surface area contributed by atoms with Crippen LogP contribution in [0.5, 0.6) is 0 Å². The molecular formula is C9H16N4S. The van der Waals surface area contributed by atoms with Crippen LogP contribution in [-0.4, -0.2) is 39.3 Å². The summed E-state index contributed by atoms with van der Waals surface area (Å²) in [6.07, 6.45) is 5.71. The van der Waals surface area contributed by atoms with Crippen molar-refractivity contribution in [2.75, 3.05) is 13.6 Å². The first-order valence-corrected chi connectivity index (χ1v) is 5.48. The van der Waals surface area contributed by atoms with Crippen LogP contribution < -0.4 is 0 Å². The molecule has 0 radical (unpaired) electrons. The topological polar surface area (TPSA) is 36.9 Å². The first-order valence-electron chi connectivity index (χ1n) is 5.07. The van der Waals surface area contributed by atoms with E-state index in [4.69, 9.17) is 12.2 Å². The zero-order valence-corrected chi connectivity index (χ0v) is 9.26. The SMILES string of the molecule is CN1CCCCC1Cn1cn[nH]c1=S. The summed E-state index contributed by atoms with van der Waals surface area (Å²) in [5.41, 5.74) is 0. The molecule has 1 aliphatic heterocycles. The van der Waals surface area contributed by atoms with Gasteiger partial charge < -0.3 is 9.47 Å². The molecule has 0 amide bonds. The molecule has 0 bridgehead atoms. The summed E-state index contributed by atoms with van der Waals surface area (Å²) >= 11 is 5.12. The fourth-order valence-corrected chi connectivity index (χ4v) is 2.18. The summed E-state index contributed by atoms with van der Waals surface area (Å²) in [6.45, 7) is 2.17. The van der Waals surface area contributed by atoms with Crippen LogP contribution >= 0.6 is 12.2 Å². The Morgan fingerprint density at radius 2 is 2.50 bits per heavy atom. The zero-order valence-electron chi connectivity index (χ0n) is 8.44. The Balaban J connectivity index is 2.03. The van der Waals surface area contributed by atoms with Gasteiger partial charge in [0.15, 0.2) is 4.77 Å². The standard InChI is InChI=1S/C9H16N4S/c1-12-5-3-2-4-8(12)6-13-7-10-11-9(13)14/h7-8H,2-6H2,1H3,(H,11,14). The first-order chi connectivity index (χ1) is 6.77. The summed E-state index contributed by atoms with van der Waals surface area (Å²) in [6, 6.07) is 0.619. The van der Waals surface area contributed by atoms with Gasteiger partial charge in [0, 0.05) is 12.6 Å². The van der Waals surface area contributed by atoms with Gasteiger partial charge in [-0.15, -0.1) is 0 Å². The number of hydrogen-bond donors (Lipinski definition) is 1. The van der Waals surface area contributed by atoms with E-state index in [0.717, 1.165) is 11.3 Å². The summed E-state index contributed by atoms with van der Waals surface area (Å²) in [5, 5.41) is 6.71. The van der Waals surface area contributed by atoms with Crippen molar-refractivity contribution in [2.45, 2.75) is 31.8 Å². The molecule has 0 spiro atoms. The second-order valence-corrected chi connectivity index (χ2v) is 4.33. The molecule has 2 heterocycles. The number of aromatic nitrogens is 3. The lowest BCUT2D eigenvalue weighted by molar-refractivity contribution is 0.167. The largest absolute Gasteiger partial charge is 0.305 e. The minimum Gasteiger partial charge on any atom is -0.305 e. The molecule has 1 saturated heterocycles. The van der Waals surface area contributed by atoms with E-state index >= 15 is 0 Å². The number of piperidine rings is 1. The van der Waals surface area contributed by atoms with Gasteiger partial charge >= 0.3 is 0 Å². The molecule has 78 valence electrons. The quantitative estimate of drug-likeness (QED) is 0.753. The van der Waals surface area contributed by atoms with Crippen molar-refractivity contribution < 1.29 is 0 Å². The smallest absolute Gasteiger partial charge is 0.194 e. The van der Waals surface area contributed by atoms with E-state index in [-0.39, 0.29) is 0 Å². The Hall–Kier alpha value is -0.680. The lowest BCUT2D eigenvalue weighted by atomic mass is 10.0. The molecule has 1 aromatic heterocycles. The molecular weight excluding hydrogens is 196 g/mol. The highest BCUT2D eigenvalue weighted by Crippen LogP contribution is 2.16. The maximum absolute atomic E-state index is 5.12. The van der Waals surface area contributed by atoms with E-state index in [9.17, 15) is 0 Å². The summed E-state index contributed by atoms with van der Waals surface area (Å²) in [4.78, 5) is 2.41. The molecule has 0 aromatic carbocycles. The van der Waals surface area contributed by atoms with E-state index in [2.05, 4.69) is 22.1 Å². The number of H-pyrrole nitrogens is 1. The van der Waals surface area contributed by atoms with Crippen LogP contribution in [0.1, 0.15) is 19.3 Å².